The van der Waals surface area contributed by atoms with Crippen molar-refractivity contribution in [2.45, 2.75) is 19.4 Å². The quantitative estimate of drug-likeness (QED) is 0.860. The standard InChI is InChI=1S/C16H17BN2O3S/c17-23(21,22)18-11-12-6-8-15-13(10-12)7-9-16(20)19(15)14-4-2-1-3-5-14/h1-6,8,10,18H,7,9,11,17H2. The summed E-state index contributed by atoms with van der Waals surface area (Å²) in [5.74, 6) is 0.0747. The van der Waals surface area contributed by atoms with Crippen LogP contribution < -0.4 is 9.62 Å². The molecule has 0 spiro atoms. The summed E-state index contributed by atoms with van der Waals surface area (Å²) >= 11 is 0. The van der Waals surface area contributed by atoms with Crippen LogP contribution in [-0.4, -0.2) is 21.4 Å². The SMILES string of the molecule is BS(=O)(=O)NCc1ccc2c(c1)CCC(=O)N2c1ccccc1. The third-order valence-electron chi connectivity index (χ3n) is 3.80. The number of fused-ring (bicyclic) bond motifs is 1. The van der Waals surface area contributed by atoms with Crippen molar-refractivity contribution in [3.63, 3.8) is 0 Å². The normalized spacial score (nSPS) is 14.6. The highest BCUT2D eigenvalue weighted by Gasteiger charge is 2.25. The molecule has 0 saturated carbocycles. The molecule has 0 bridgehead atoms. The molecular weight excluding hydrogens is 311 g/mol. The van der Waals surface area contributed by atoms with Crippen molar-refractivity contribution in [1.29, 1.82) is 0 Å². The number of benzene rings is 2. The van der Waals surface area contributed by atoms with E-state index in [0.29, 0.717) is 12.8 Å². The fourth-order valence-corrected chi connectivity index (χ4v) is 3.16. The Bertz CT molecular complexity index is 838. The zero-order valence-corrected chi connectivity index (χ0v) is 13.6. The molecule has 0 unspecified atom stereocenters. The van der Waals surface area contributed by atoms with Gasteiger partial charge in [0.25, 0.3) is 7.12 Å². The maximum Gasteiger partial charge on any atom is 0.275 e. The van der Waals surface area contributed by atoms with Crippen molar-refractivity contribution in [1.82, 2.24) is 4.72 Å². The summed E-state index contributed by atoms with van der Waals surface area (Å²) in [7, 11) is -2.08. The van der Waals surface area contributed by atoms with E-state index in [4.69, 9.17) is 0 Å². The van der Waals surface area contributed by atoms with Crippen LogP contribution in [0.3, 0.4) is 0 Å². The lowest BCUT2D eigenvalue weighted by Gasteiger charge is -2.30. The second kappa shape index (κ2) is 6.18. The number of carbonyl (C=O) groups is 1. The number of aryl methyl sites for hydroxylation is 1. The zero-order valence-electron chi connectivity index (χ0n) is 12.8. The molecule has 0 saturated heterocycles. The van der Waals surface area contributed by atoms with Gasteiger partial charge in [0.15, 0.2) is 9.87 Å². The third-order valence-corrected chi connectivity index (χ3v) is 4.46. The number of hydrogen-bond acceptors (Lipinski definition) is 3. The molecule has 1 aliphatic rings. The first kappa shape index (κ1) is 15.8. The first-order chi connectivity index (χ1) is 10.9. The van der Waals surface area contributed by atoms with Crippen LogP contribution >= 0.6 is 0 Å². The Balaban J connectivity index is 1.93. The van der Waals surface area contributed by atoms with E-state index in [1.807, 2.05) is 48.5 Å². The Kier molecular flexibility index (Phi) is 4.23. The van der Waals surface area contributed by atoms with E-state index in [-0.39, 0.29) is 12.5 Å². The summed E-state index contributed by atoms with van der Waals surface area (Å²) < 4.78 is 24.9. The van der Waals surface area contributed by atoms with Crippen LogP contribution in [0.4, 0.5) is 11.4 Å². The number of hydrogen-bond donors (Lipinski definition) is 1. The average molecular weight is 328 g/mol. The molecule has 0 fully saturated rings. The van der Waals surface area contributed by atoms with Gasteiger partial charge in [0.2, 0.25) is 5.91 Å². The highest BCUT2D eigenvalue weighted by molar-refractivity contribution is 8.10. The molecule has 3 rings (SSSR count). The molecule has 1 amide bonds. The Labute approximate surface area is 136 Å². The van der Waals surface area contributed by atoms with Gasteiger partial charge in [-0.05, 0) is 35.7 Å². The van der Waals surface area contributed by atoms with Crippen LogP contribution in [0.1, 0.15) is 17.5 Å². The van der Waals surface area contributed by atoms with Gasteiger partial charge >= 0.3 is 0 Å². The van der Waals surface area contributed by atoms with Crippen molar-refractivity contribution < 1.29 is 13.2 Å². The van der Waals surface area contributed by atoms with E-state index in [1.165, 1.54) is 0 Å². The Hall–Kier alpha value is -2.12. The van der Waals surface area contributed by atoms with Crippen LogP contribution in [-0.2, 0) is 27.6 Å². The van der Waals surface area contributed by atoms with Gasteiger partial charge in [-0.3, -0.25) is 9.69 Å². The first-order valence-electron chi connectivity index (χ1n) is 7.38. The van der Waals surface area contributed by atoms with Gasteiger partial charge < -0.3 is 0 Å². The van der Waals surface area contributed by atoms with Crippen molar-refractivity contribution in [2.75, 3.05) is 4.90 Å². The number of anilines is 2. The first-order valence-corrected chi connectivity index (χ1v) is 9.27. The highest BCUT2D eigenvalue weighted by Crippen LogP contribution is 2.34. The van der Waals surface area contributed by atoms with E-state index in [0.717, 1.165) is 29.6 Å². The van der Waals surface area contributed by atoms with Crippen LogP contribution in [0.2, 0.25) is 0 Å². The largest absolute Gasteiger partial charge is 0.281 e. The summed E-state index contributed by atoms with van der Waals surface area (Å²) in [5, 5.41) is 0. The predicted molar refractivity (Wildman–Crippen MR) is 92.7 cm³/mol. The minimum atomic E-state index is -3.22. The fourth-order valence-electron chi connectivity index (χ4n) is 2.73. The Morgan fingerprint density at radius 3 is 2.52 bits per heavy atom. The van der Waals surface area contributed by atoms with Gasteiger partial charge in [-0.2, -0.15) is 0 Å². The number of nitrogens with one attached hydrogen (secondary N) is 1. The van der Waals surface area contributed by atoms with Gasteiger partial charge in [0, 0.05) is 18.7 Å². The van der Waals surface area contributed by atoms with E-state index < -0.39 is 9.87 Å². The van der Waals surface area contributed by atoms with E-state index >= 15 is 0 Å². The minimum absolute atomic E-state index is 0.0747. The molecule has 0 aliphatic carbocycles. The molecule has 1 aliphatic heterocycles. The maximum atomic E-state index is 12.3. The van der Waals surface area contributed by atoms with Crippen LogP contribution in [0.15, 0.2) is 48.5 Å². The molecule has 118 valence electrons. The average Bonchev–Trinajstić information content (AvgIpc) is 2.53. The number of rotatable bonds is 4. The summed E-state index contributed by atoms with van der Waals surface area (Å²) in [6, 6.07) is 15.2. The predicted octanol–water partition coefficient (Wildman–Crippen LogP) is 1.26. The molecule has 23 heavy (non-hydrogen) atoms. The summed E-state index contributed by atoms with van der Waals surface area (Å²) in [6.45, 7) is 0.255. The van der Waals surface area contributed by atoms with Crippen LogP contribution in [0.25, 0.3) is 0 Å². The number of amides is 1. The van der Waals surface area contributed by atoms with Gasteiger partial charge in [-0.25, -0.2) is 13.1 Å². The minimum Gasteiger partial charge on any atom is -0.281 e. The Morgan fingerprint density at radius 2 is 1.83 bits per heavy atom. The molecule has 0 aromatic heterocycles. The van der Waals surface area contributed by atoms with Crippen molar-refractivity contribution in [3.05, 3.63) is 59.7 Å². The van der Waals surface area contributed by atoms with Gasteiger partial charge in [0.1, 0.15) is 0 Å². The Morgan fingerprint density at radius 1 is 1.09 bits per heavy atom. The lowest BCUT2D eigenvalue weighted by atomic mass is 9.98. The van der Waals surface area contributed by atoms with Gasteiger partial charge in [-0.15, -0.1) is 0 Å². The number of nitrogens with zero attached hydrogens (tertiary/aromatic N) is 1. The van der Waals surface area contributed by atoms with Crippen molar-refractivity contribution in [3.8, 4) is 0 Å². The fraction of sp³-hybridized carbons (Fsp3) is 0.188. The smallest absolute Gasteiger partial charge is 0.275 e. The molecule has 1 heterocycles. The molecule has 0 atom stereocenters. The number of para-hydroxylation sites is 1. The zero-order chi connectivity index (χ0) is 16.4. The van der Waals surface area contributed by atoms with E-state index in [9.17, 15) is 13.2 Å². The number of carbonyl (C=O) groups excluding carboxylic acids is 1. The summed E-state index contributed by atoms with van der Waals surface area (Å²) in [4.78, 5) is 14.1. The van der Waals surface area contributed by atoms with Crippen molar-refractivity contribution in [2.24, 2.45) is 0 Å². The van der Waals surface area contributed by atoms with E-state index in [2.05, 4.69) is 4.72 Å². The molecule has 2 aromatic rings. The third kappa shape index (κ3) is 3.63. The van der Waals surface area contributed by atoms with Crippen molar-refractivity contribution >= 4 is 34.3 Å². The molecule has 5 nitrogen and oxygen atoms in total. The highest BCUT2D eigenvalue weighted by atomic mass is 32.2. The summed E-state index contributed by atoms with van der Waals surface area (Å²) in [5.41, 5.74) is 3.66. The second-order valence-corrected chi connectivity index (χ2v) is 7.45. The van der Waals surface area contributed by atoms with E-state index in [1.54, 1.807) is 4.90 Å². The van der Waals surface area contributed by atoms with Crippen LogP contribution in [0, 0.1) is 0 Å². The van der Waals surface area contributed by atoms with Gasteiger partial charge in [-0.1, -0.05) is 30.3 Å². The lowest BCUT2D eigenvalue weighted by molar-refractivity contribution is -0.118. The molecule has 0 radical (unpaired) electrons. The molecular formula is C16H17BN2O3S. The molecule has 7 heteroatoms. The van der Waals surface area contributed by atoms with Gasteiger partial charge in [0.05, 0.1) is 5.69 Å². The topological polar surface area (TPSA) is 66.5 Å². The lowest BCUT2D eigenvalue weighted by Crippen LogP contribution is -2.31. The molecule has 2 aromatic carbocycles. The second-order valence-electron chi connectivity index (χ2n) is 5.62. The summed E-state index contributed by atoms with van der Waals surface area (Å²) in [6.07, 6.45) is 1.12. The van der Waals surface area contributed by atoms with Crippen LogP contribution in [0.5, 0.6) is 0 Å². The molecule has 1 N–H and O–H groups in total. The monoisotopic (exact) mass is 328 g/mol. The maximum absolute atomic E-state index is 12.3.